The van der Waals surface area contributed by atoms with E-state index in [9.17, 15) is 5.11 Å². The lowest BCUT2D eigenvalue weighted by molar-refractivity contribution is 0.121. The fourth-order valence-corrected chi connectivity index (χ4v) is 2.86. The van der Waals surface area contributed by atoms with Gasteiger partial charge in [0.2, 0.25) is 0 Å². The first-order valence-corrected chi connectivity index (χ1v) is 6.61. The Balaban J connectivity index is 1.94. The number of fused-ring (bicyclic) bond motifs is 1. The quantitative estimate of drug-likeness (QED) is 0.915. The molecule has 1 aromatic carbocycles. The van der Waals surface area contributed by atoms with Crippen molar-refractivity contribution in [3.8, 4) is 5.75 Å². The second kappa shape index (κ2) is 4.70. The summed E-state index contributed by atoms with van der Waals surface area (Å²) in [7, 11) is 1.61. The predicted octanol–water partition coefficient (Wildman–Crippen LogP) is 2.28. The van der Waals surface area contributed by atoms with Crippen molar-refractivity contribution in [2.45, 2.75) is 31.9 Å². The molecule has 1 aromatic heterocycles. The number of rotatable bonds is 4. The zero-order valence-electron chi connectivity index (χ0n) is 11.2. The van der Waals surface area contributed by atoms with E-state index in [1.165, 1.54) is 11.1 Å². The summed E-state index contributed by atoms with van der Waals surface area (Å²) in [6, 6.07) is 8.27. The molecule has 1 aliphatic carbocycles. The van der Waals surface area contributed by atoms with E-state index in [0.717, 1.165) is 18.7 Å². The largest absolute Gasteiger partial charge is 0.493 e. The van der Waals surface area contributed by atoms with Crippen LogP contribution in [-0.4, -0.2) is 22.0 Å². The normalized spacial score (nSPS) is 18.6. The molecule has 0 saturated carbocycles. The van der Waals surface area contributed by atoms with Gasteiger partial charge in [0.15, 0.2) is 5.75 Å². The van der Waals surface area contributed by atoms with E-state index in [2.05, 4.69) is 17.2 Å². The molecule has 100 valence electrons. The molecule has 1 aliphatic rings. The molecule has 1 N–H and O–H groups in total. The Bertz CT molecular complexity index is 570. The predicted molar refractivity (Wildman–Crippen MR) is 72.3 cm³/mol. The molecule has 2 aromatic rings. The van der Waals surface area contributed by atoms with Crippen LogP contribution in [0.1, 0.15) is 35.8 Å². The summed E-state index contributed by atoms with van der Waals surface area (Å²) >= 11 is 0. The van der Waals surface area contributed by atoms with E-state index in [1.54, 1.807) is 13.3 Å². The molecule has 0 fully saturated rings. The highest BCUT2D eigenvalue weighted by molar-refractivity contribution is 5.43. The Morgan fingerprint density at radius 3 is 2.95 bits per heavy atom. The molecule has 4 nitrogen and oxygen atoms in total. The molecule has 2 unspecified atom stereocenters. The van der Waals surface area contributed by atoms with Gasteiger partial charge >= 0.3 is 0 Å². The second-order valence-electron chi connectivity index (χ2n) is 4.87. The number of ether oxygens (including phenoxy) is 1. The number of aliphatic hydroxyl groups is 1. The fraction of sp³-hybridized carbons (Fsp3) is 0.400. The maximum atomic E-state index is 10.7. The van der Waals surface area contributed by atoms with Gasteiger partial charge in [0, 0.05) is 12.5 Å². The molecule has 4 heteroatoms. The lowest BCUT2D eigenvalue weighted by Crippen LogP contribution is -2.25. The van der Waals surface area contributed by atoms with Crippen LogP contribution < -0.4 is 4.74 Å². The molecular formula is C15H18N2O2. The third kappa shape index (κ3) is 1.83. The van der Waals surface area contributed by atoms with Crippen molar-refractivity contribution >= 4 is 0 Å². The molecule has 0 saturated heterocycles. The number of aryl methyl sites for hydroxylation is 1. The van der Waals surface area contributed by atoms with Crippen molar-refractivity contribution < 1.29 is 9.84 Å². The summed E-state index contributed by atoms with van der Waals surface area (Å²) in [4.78, 5) is 0. The maximum Gasteiger partial charge on any atom is 0.162 e. The fourth-order valence-electron chi connectivity index (χ4n) is 2.86. The monoisotopic (exact) mass is 258 g/mol. The van der Waals surface area contributed by atoms with Crippen LogP contribution in [0.2, 0.25) is 0 Å². The average molecular weight is 258 g/mol. The van der Waals surface area contributed by atoms with Gasteiger partial charge in [-0.2, -0.15) is 5.10 Å². The summed E-state index contributed by atoms with van der Waals surface area (Å²) in [6.45, 7) is 2.74. The Morgan fingerprint density at radius 1 is 1.47 bits per heavy atom. The zero-order valence-corrected chi connectivity index (χ0v) is 11.2. The van der Waals surface area contributed by atoms with Crippen molar-refractivity contribution in [3.05, 3.63) is 47.3 Å². The third-order valence-corrected chi connectivity index (χ3v) is 3.92. The van der Waals surface area contributed by atoms with Gasteiger partial charge in [-0.1, -0.05) is 24.3 Å². The number of nitrogens with zero attached hydrogens (tertiary/aromatic N) is 2. The van der Waals surface area contributed by atoms with Gasteiger partial charge < -0.3 is 9.84 Å². The van der Waals surface area contributed by atoms with Gasteiger partial charge in [0.25, 0.3) is 0 Å². The zero-order chi connectivity index (χ0) is 13.4. The standard InChI is InChI=1S/C15H18N2O2/c1-3-17-14(13(19-2)9-16-17)15(18)12-8-10-6-4-5-7-11(10)12/h4-7,9,12,15,18H,3,8H2,1-2H3. The minimum Gasteiger partial charge on any atom is -0.493 e. The molecule has 0 spiro atoms. The maximum absolute atomic E-state index is 10.7. The summed E-state index contributed by atoms with van der Waals surface area (Å²) in [5.74, 6) is 0.811. The Kier molecular flexibility index (Phi) is 3.03. The number of hydrogen-bond donors (Lipinski definition) is 1. The summed E-state index contributed by atoms with van der Waals surface area (Å²) in [5.41, 5.74) is 3.35. The van der Waals surface area contributed by atoms with Crippen molar-refractivity contribution in [3.63, 3.8) is 0 Å². The lowest BCUT2D eigenvalue weighted by Gasteiger charge is -2.34. The molecule has 0 amide bonds. The molecule has 3 rings (SSSR count). The topological polar surface area (TPSA) is 47.3 Å². The first-order chi connectivity index (χ1) is 9.26. The molecule has 0 radical (unpaired) electrons. The van der Waals surface area contributed by atoms with Gasteiger partial charge in [-0.05, 0) is 24.5 Å². The third-order valence-electron chi connectivity index (χ3n) is 3.92. The number of benzene rings is 1. The van der Waals surface area contributed by atoms with Gasteiger partial charge in [-0.25, -0.2) is 0 Å². The molecule has 19 heavy (non-hydrogen) atoms. The van der Waals surface area contributed by atoms with Crippen LogP contribution in [0.5, 0.6) is 5.75 Å². The minimum atomic E-state index is -0.563. The van der Waals surface area contributed by atoms with Gasteiger partial charge in [-0.15, -0.1) is 0 Å². The summed E-state index contributed by atoms with van der Waals surface area (Å²) in [5, 5.41) is 14.9. The van der Waals surface area contributed by atoms with Gasteiger partial charge in [0.05, 0.1) is 13.3 Å². The molecule has 1 heterocycles. The van der Waals surface area contributed by atoms with Crippen molar-refractivity contribution in [1.82, 2.24) is 9.78 Å². The van der Waals surface area contributed by atoms with E-state index < -0.39 is 6.10 Å². The van der Waals surface area contributed by atoms with Crippen molar-refractivity contribution in [2.75, 3.05) is 7.11 Å². The van der Waals surface area contributed by atoms with Gasteiger partial charge in [-0.3, -0.25) is 4.68 Å². The minimum absolute atomic E-state index is 0.145. The first kappa shape index (κ1) is 12.2. The van der Waals surface area contributed by atoms with Crippen LogP contribution in [0.3, 0.4) is 0 Å². The highest BCUT2D eigenvalue weighted by Gasteiger charge is 2.35. The van der Waals surface area contributed by atoms with Crippen LogP contribution in [-0.2, 0) is 13.0 Å². The number of aromatic nitrogens is 2. The van der Waals surface area contributed by atoms with E-state index in [1.807, 2.05) is 23.7 Å². The molecule has 0 bridgehead atoms. The number of hydrogen-bond acceptors (Lipinski definition) is 3. The van der Waals surface area contributed by atoms with Gasteiger partial charge in [0.1, 0.15) is 11.8 Å². The van der Waals surface area contributed by atoms with E-state index in [0.29, 0.717) is 5.75 Å². The van der Waals surface area contributed by atoms with Crippen LogP contribution >= 0.6 is 0 Å². The van der Waals surface area contributed by atoms with E-state index in [-0.39, 0.29) is 5.92 Å². The summed E-state index contributed by atoms with van der Waals surface area (Å²) in [6.07, 6.45) is 2.02. The van der Waals surface area contributed by atoms with E-state index in [4.69, 9.17) is 4.74 Å². The first-order valence-electron chi connectivity index (χ1n) is 6.61. The molecular weight excluding hydrogens is 240 g/mol. The second-order valence-corrected chi connectivity index (χ2v) is 4.87. The van der Waals surface area contributed by atoms with E-state index >= 15 is 0 Å². The van der Waals surface area contributed by atoms with Crippen molar-refractivity contribution in [2.24, 2.45) is 0 Å². The average Bonchev–Trinajstić information content (AvgIpc) is 2.82. The smallest absolute Gasteiger partial charge is 0.162 e. The van der Waals surface area contributed by atoms with Crippen LogP contribution in [0, 0.1) is 0 Å². The van der Waals surface area contributed by atoms with Crippen LogP contribution in [0.4, 0.5) is 0 Å². The Hall–Kier alpha value is -1.81. The highest BCUT2D eigenvalue weighted by Crippen LogP contribution is 2.45. The van der Waals surface area contributed by atoms with Crippen LogP contribution in [0.25, 0.3) is 0 Å². The highest BCUT2D eigenvalue weighted by atomic mass is 16.5. The Morgan fingerprint density at radius 2 is 2.26 bits per heavy atom. The number of methoxy groups -OCH3 is 1. The Labute approximate surface area is 112 Å². The molecule has 0 aliphatic heterocycles. The van der Waals surface area contributed by atoms with Crippen molar-refractivity contribution in [1.29, 1.82) is 0 Å². The SMILES string of the molecule is CCn1ncc(OC)c1C(O)C1Cc2ccccc21. The molecule has 2 atom stereocenters. The number of aliphatic hydroxyl groups excluding tert-OH is 1. The summed E-state index contributed by atoms with van der Waals surface area (Å²) < 4.78 is 7.12. The lowest BCUT2D eigenvalue weighted by atomic mass is 9.73. The van der Waals surface area contributed by atoms with Crippen LogP contribution in [0.15, 0.2) is 30.5 Å².